The average molecular weight is 526 g/mol. The molecular weight excluding hydrogens is 504 g/mol. The van der Waals surface area contributed by atoms with Gasteiger partial charge in [-0.25, -0.2) is 22.2 Å². The lowest BCUT2D eigenvalue weighted by Gasteiger charge is -2.37. The zero-order valence-corrected chi connectivity index (χ0v) is 20.1. The zero-order valence-electron chi connectivity index (χ0n) is 18.4. The molecule has 3 aromatic heterocycles. The molecule has 2 atom stereocenters. The smallest absolute Gasteiger partial charge is 0.291 e. The third kappa shape index (κ3) is 4.47. The third-order valence-electron chi connectivity index (χ3n) is 5.88. The van der Waals surface area contributed by atoms with E-state index in [4.69, 9.17) is 4.74 Å². The van der Waals surface area contributed by atoms with Gasteiger partial charge in [0.15, 0.2) is 15.7 Å². The van der Waals surface area contributed by atoms with E-state index in [-0.39, 0.29) is 29.2 Å². The molecule has 2 fully saturated rings. The summed E-state index contributed by atoms with van der Waals surface area (Å²) in [6, 6.07) is 3.46. The van der Waals surface area contributed by atoms with Gasteiger partial charge in [0.25, 0.3) is 6.43 Å². The zero-order chi connectivity index (χ0) is 25.0. The van der Waals surface area contributed by atoms with Crippen molar-refractivity contribution in [3.63, 3.8) is 0 Å². The first-order chi connectivity index (χ1) is 16.6. The third-order valence-corrected chi connectivity index (χ3v) is 8.34. The van der Waals surface area contributed by atoms with Crippen LogP contribution in [0.1, 0.15) is 31.2 Å². The number of fused-ring (bicyclic) bond motifs is 1. The van der Waals surface area contributed by atoms with Gasteiger partial charge in [0, 0.05) is 19.3 Å². The van der Waals surface area contributed by atoms with E-state index in [0.717, 1.165) is 0 Å². The number of nitriles is 1. The fourth-order valence-corrected chi connectivity index (χ4v) is 6.13. The number of hydrogen-bond acceptors (Lipinski definition) is 10. The minimum atomic E-state index is -4.12. The number of nitrogens with zero attached hydrogens (tertiary/aromatic N) is 6. The predicted octanol–water partition coefficient (Wildman–Crippen LogP) is 1.71. The Bertz CT molecular complexity index is 1410. The Morgan fingerprint density at radius 3 is 2.80 bits per heavy atom. The highest BCUT2D eigenvalue weighted by molar-refractivity contribution is 7.89. The van der Waals surface area contributed by atoms with Gasteiger partial charge in [-0.15, -0.1) is 10.2 Å². The maximum Gasteiger partial charge on any atom is 0.291 e. The topological polar surface area (TPSA) is 146 Å². The molecule has 186 valence electrons. The van der Waals surface area contributed by atoms with E-state index in [1.807, 2.05) is 17.9 Å². The molecule has 35 heavy (non-hydrogen) atoms. The highest BCUT2D eigenvalue weighted by atomic mass is 32.2. The lowest BCUT2D eigenvalue weighted by molar-refractivity contribution is -0.0420. The second kappa shape index (κ2) is 8.71. The number of rotatable bonds is 7. The van der Waals surface area contributed by atoms with Gasteiger partial charge in [0.2, 0.25) is 10.0 Å². The van der Waals surface area contributed by atoms with Crippen LogP contribution in [0.5, 0.6) is 0 Å². The molecule has 15 heteroatoms. The van der Waals surface area contributed by atoms with Crippen molar-refractivity contribution in [2.75, 3.05) is 24.6 Å². The first kappa shape index (κ1) is 23.9. The summed E-state index contributed by atoms with van der Waals surface area (Å²) >= 11 is 0.689. The maximum absolute atomic E-state index is 13.3. The number of aliphatic hydroxyl groups is 1. The number of anilines is 1. The van der Waals surface area contributed by atoms with Crippen LogP contribution in [-0.4, -0.2) is 70.5 Å². The highest BCUT2D eigenvalue weighted by Gasteiger charge is 2.47. The van der Waals surface area contributed by atoms with Crippen LogP contribution in [0.2, 0.25) is 0 Å². The van der Waals surface area contributed by atoms with E-state index in [1.165, 1.54) is 22.9 Å². The van der Waals surface area contributed by atoms with Crippen LogP contribution < -0.4 is 9.62 Å². The van der Waals surface area contributed by atoms with Crippen LogP contribution in [0.4, 0.5) is 14.5 Å². The number of hydrogen-bond donors (Lipinski definition) is 2. The number of aliphatic hydroxyl groups excluding tert-OH is 1. The molecule has 5 rings (SSSR count). The summed E-state index contributed by atoms with van der Waals surface area (Å²) in [6.07, 6.45) is 0.0398. The number of pyridine rings is 1. The summed E-state index contributed by atoms with van der Waals surface area (Å²) in [5, 5.41) is 26.1. The highest BCUT2D eigenvalue weighted by Crippen LogP contribution is 2.38. The predicted molar refractivity (Wildman–Crippen MR) is 121 cm³/mol. The number of halogens is 2. The molecule has 0 unspecified atom stereocenters. The summed E-state index contributed by atoms with van der Waals surface area (Å²) < 4.78 is 62.4. The lowest BCUT2D eigenvalue weighted by atomic mass is 10.2. The van der Waals surface area contributed by atoms with Crippen LogP contribution in [-0.2, 0) is 14.8 Å². The Hall–Kier alpha value is -2.77. The van der Waals surface area contributed by atoms with Crippen molar-refractivity contribution in [3.05, 3.63) is 23.5 Å². The second-order valence-corrected chi connectivity index (χ2v) is 11.3. The van der Waals surface area contributed by atoms with Crippen molar-refractivity contribution >= 4 is 32.7 Å². The molecule has 11 nitrogen and oxygen atoms in total. The van der Waals surface area contributed by atoms with Gasteiger partial charge in [-0.3, -0.25) is 4.40 Å². The number of sulfonamides is 1. The summed E-state index contributed by atoms with van der Waals surface area (Å²) in [4.78, 5) is 6.17. The molecule has 0 spiro atoms. The van der Waals surface area contributed by atoms with Crippen LogP contribution >= 0.6 is 11.3 Å². The SMILES string of the molecule is C[C@H]1CN(c2cc(S(=O)(=O)NC3(C#N)CC3)cn3c(-c4nnc(C(F)F)s4)cnc23)C[C@H](CO)O1. The van der Waals surface area contributed by atoms with E-state index >= 15 is 0 Å². The number of imidazole rings is 1. The van der Waals surface area contributed by atoms with Crippen molar-refractivity contribution in [2.45, 2.75) is 48.8 Å². The van der Waals surface area contributed by atoms with Crippen LogP contribution in [0, 0.1) is 11.3 Å². The van der Waals surface area contributed by atoms with Crippen molar-refractivity contribution in [1.82, 2.24) is 24.3 Å². The van der Waals surface area contributed by atoms with E-state index in [2.05, 4.69) is 19.9 Å². The Balaban J connectivity index is 1.66. The van der Waals surface area contributed by atoms with Crippen LogP contribution in [0.15, 0.2) is 23.4 Å². The normalized spacial score (nSPS) is 22.0. The standard InChI is InChI=1S/C20H21F2N7O4S2/c1-11-6-28(7-12(9-30)33-11)14-4-13(35(31,32)27-20(10-23)2-3-20)8-29-15(5-24-17(14)29)18-25-26-19(34-18)16(21)22/h4-5,8,11-12,16,27,30H,2-3,6-7,9H2,1H3/t11-,12+/m0/s1. The van der Waals surface area contributed by atoms with Gasteiger partial charge in [0.1, 0.15) is 16.1 Å². The van der Waals surface area contributed by atoms with Gasteiger partial charge < -0.3 is 14.7 Å². The molecule has 1 aliphatic carbocycles. The molecule has 1 aliphatic heterocycles. The molecule has 0 radical (unpaired) electrons. The molecular formula is C20H21F2N7O4S2. The molecule has 1 saturated carbocycles. The molecule has 1 saturated heterocycles. The largest absolute Gasteiger partial charge is 0.394 e. The quantitative estimate of drug-likeness (QED) is 0.471. The Kier molecular flexibility index (Phi) is 5.96. The van der Waals surface area contributed by atoms with Gasteiger partial charge >= 0.3 is 0 Å². The van der Waals surface area contributed by atoms with Crippen LogP contribution in [0.25, 0.3) is 16.3 Å². The number of ether oxygens (including phenoxy) is 1. The van der Waals surface area contributed by atoms with Gasteiger partial charge in [-0.1, -0.05) is 11.3 Å². The van der Waals surface area contributed by atoms with Crippen molar-refractivity contribution in [3.8, 4) is 16.8 Å². The monoisotopic (exact) mass is 525 g/mol. The first-order valence-electron chi connectivity index (χ1n) is 10.7. The molecule has 0 amide bonds. The minimum absolute atomic E-state index is 0.126. The van der Waals surface area contributed by atoms with Gasteiger partial charge in [-0.05, 0) is 25.8 Å². The van der Waals surface area contributed by atoms with E-state index < -0.39 is 33.1 Å². The van der Waals surface area contributed by atoms with E-state index in [0.29, 0.717) is 47.8 Å². The number of nitrogens with one attached hydrogen (secondary N) is 1. The molecule has 2 N–H and O–H groups in total. The molecule has 3 aromatic rings. The van der Waals surface area contributed by atoms with E-state index in [9.17, 15) is 27.6 Å². The average Bonchev–Trinajstić information content (AvgIpc) is 3.21. The fourth-order valence-electron chi connectivity index (χ4n) is 4.03. The molecule has 0 aromatic carbocycles. The van der Waals surface area contributed by atoms with Crippen molar-refractivity contribution in [1.29, 1.82) is 5.26 Å². The summed E-state index contributed by atoms with van der Waals surface area (Å²) in [5.41, 5.74) is -0.00994. The molecule has 2 aliphatic rings. The number of aromatic nitrogens is 4. The Labute approximate surface area is 203 Å². The van der Waals surface area contributed by atoms with E-state index in [1.54, 1.807) is 0 Å². The summed E-state index contributed by atoms with van der Waals surface area (Å²) in [5.74, 6) is 0. The summed E-state index contributed by atoms with van der Waals surface area (Å²) in [6.45, 7) is 2.30. The molecule has 0 bridgehead atoms. The lowest BCUT2D eigenvalue weighted by Crippen LogP contribution is -2.48. The fraction of sp³-hybridized carbons (Fsp3) is 0.500. The van der Waals surface area contributed by atoms with Crippen molar-refractivity contribution in [2.24, 2.45) is 0 Å². The second-order valence-electron chi connectivity index (χ2n) is 8.60. The van der Waals surface area contributed by atoms with Gasteiger partial charge in [0.05, 0.1) is 36.8 Å². The summed E-state index contributed by atoms with van der Waals surface area (Å²) in [7, 11) is -4.12. The van der Waals surface area contributed by atoms with Gasteiger partial charge in [-0.2, -0.15) is 9.98 Å². The van der Waals surface area contributed by atoms with Crippen molar-refractivity contribution < 1.29 is 27.0 Å². The van der Waals surface area contributed by atoms with Crippen LogP contribution in [0.3, 0.4) is 0 Å². The number of alkyl halides is 2. The molecule has 4 heterocycles. The number of morpholine rings is 1. The maximum atomic E-state index is 13.3. The Morgan fingerprint density at radius 2 is 2.17 bits per heavy atom. The first-order valence-corrected chi connectivity index (χ1v) is 13.0. The minimum Gasteiger partial charge on any atom is -0.394 e. The Morgan fingerprint density at radius 1 is 1.40 bits per heavy atom.